The van der Waals surface area contributed by atoms with E-state index in [1.807, 2.05) is 0 Å². The van der Waals surface area contributed by atoms with Gasteiger partial charge in [-0.3, -0.25) is 23.9 Å². The van der Waals surface area contributed by atoms with Crippen molar-refractivity contribution in [2.75, 3.05) is 6.61 Å². The monoisotopic (exact) mass is 597 g/mol. The summed E-state index contributed by atoms with van der Waals surface area (Å²) in [6.45, 7) is 7.27. The van der Waals surface area contributed by atoms with Crippen LogP contribution in [-0.4, -0.2) is 76.2 Å². The summed E-state index contributed by atoms with van der Waals surface area (Å²) in [7, 11) is 0. The zero-order valence-corrected chi connectivity index (χ0v) is 25.6. The molecule has 1 fully saturated rings. The van der Waals surface area contributed by atoms with E-state index in [1.54, 1.807) is 10.9 Å². The number of aryl methyl sites for hydroxylation is 1. The minimum Gasteiger partial charge on any atom is -0.463 e. The lowest BCUT2D eigenvalue weighted by atomic mass is 9.98. The Morgan fingerprint density at radius 1 is 0.762 bits per heavy atom. The van der Waals surface area contributed by atoms with Crippen LogP contribution in [0.15, 0.2) is 6.20 Å². The second-order valence-corrected chi connectivity index (χ2v) is 10.5. The summed E-state index contributed by atoms with van der Waals surface area (Å²) in [6.07, 6.45) is 8.01. The fourth-order valence-corrected chi connectivity index (χ4v) is 4.77. The molecule has 238 valence electrons. The van der Waals surface area contributed by atoms with Crippen LogP contribution in [0.3, 0.4) is 0 Å². The van der Waals surface area contributed by atoms with E-state index in [4.69, 9.17) is 28.4 Å². The molecule has 1 saturated heterocycles. The average Bonchev–Trinajstić information content (AvgIpc) is 3.37. The van der Waals surface area contributed by atoms with E-state index < -0.39 is 54.6 Å². The smallest absolute Gasteiger partial charge is 0.303 e. The predicted molar refractivity (Wildman–Crippen MR) is 149 cm³/mol. The molecule has 0 N–H and O–H groups in total. The van der Waals surface area contributed by atoms with Gasteiger partial charge in [-0.2, -0.15) is 0 Å². The molecule has 0 radical (unpaired) electrons. The lowest BCUT2D eigenvalue weighted by Crippen LogP contribution is -2.62. The highest BCUT2D eigenvalue weighted by Crippen LogP contribution is 2.30. The van der Waals surface area contributed by atoms with Gasteiger partial charge in [-0.1, -0.05) is 69.9 Å². The molecule has 0 aliphatic carbocycles. The van der Waals surface area contributed by atoms with Crippen molar-refractivity contribution in [1.29, 1.82) is 0 Å². The van der Waals surface area contributed by atoms with Gasteiger partial charge in [-0.15, -0.1) is 5.10 Å². The predicted octanol–water partition coefficient (Wildman–Crippen LogP) is 3.80. The van der Waals surface area contributed by atoms with Gasteiger partial charge in [0.05, 0.1) is 12.8 Å². The van der Waals surface area contributed by atoms with Crippen LogP contribution in [0.1, 0.15) is 105 Å². The topological polar surface area (TPSA) is 154 Å². The molecule has 13 nitrogen and oxygen atoms in total. The van der Waals surface area contributed by atoms with Crippen LogP contribution in [0.2, 0.25) is 0 Å². The third-order valence-corrected chi connectivity index (χ3v) is 6.67. The van der Waals surface area contributed by atoms with Crippen molar-refractivity contribution in [2.45, 2.75) is 143 Å². The zero-order valence-electron chi connectivity index (χ0n) is 25.6. The van der Waals surface area contributed by atoms with Gasteiger partial charge in [0.2, 0.25) is 0 Å². The lowest BCUT2D eigenvalue weighted by Gasteiger charge is -2.43. The van der Waals surface area contributed by atoms with Crippen molar-refractivity contribution in [3.05, 3.63) is 11.9 Å². The van der Waals surface area contributed by atoms with E-state index in [-0.39, 0.29) is 13.2 Å². The lowest BCUT2D eigenvalue weighted by molar-refractivity contribution is -0.310. The molecule has 2 heterocycles. The summed E-state index contributed by atoms with van der Waals surface area (Å²) in [5.41, 5.74) is 0.509. The number of rotatable bonds is 19. The highest BCUT2D eigenvalue weighted by atomic mass is 16.7. The molecule has 1 aliphatic rings. The van der Waals surface area contributed by atoms with E-state index in [0.29, 0.717) is 5.69 Å². The molecule has 0 spiro atoms. The molecule has 1 aliphatic heterocycles. The quantitative estimate of drug-likeness (QED) is 0.129. The van der Waals surface area contributed by atoms with Gasteiger partial charge in [0.15, 0.2) is 24.6 Å². The maximum absolute atomic E-state index is 12.0. The Hall–Kier alpha value is -3.06. The minimum atomic E-state index is -1.29. The second-order valence-electron chi connectivity index (χ2n) is 10.5. The maximum atomic E-state index is 12.0. The molecule has 2 rings (SSSR count). The SMILES string of the molecule is CCCCCCCCCCCCn1cc(CO[C@@H]2O[C@H](COC(C)=O)[C@@H](OC(C)=O)[C@H](OC(C)=O)[C@H]2OC(C)=O)nn1. The maximum Gasteiger partial charge on any atom is 0.303 e. The Bertz CT molecular complexity index is 985. The highest BCUT2D eigenvalue weighted by molar-refractivity contribution is 5.68. The average molecular weight is 598 g/mol. The van der Waals surface area contributed by atoms with Crippen molar-refractivity contribution in [3.63, 3.8) is 0 Å². The number of hydrogen-bond donors (Lipinski definition) is 0. The molecular formula is C29H47N3O10. The summed E-state index contributed by atoms with van der Waals surface area (Å²) in [5, 5.41) is 8.31. The van der Waals surface area contributed by atoms with Crippen LogP contribution < -0.4 is 0 Å². The number of nitrogens with zero attached hydrogens (tertiary/aromatic N) is 3. The molecule has 5 atom stereocenters. The van der Waals surface area contributed by atoms with Gasteiger partial charge in [0.25, 0.3) is 0 Å². The molecule has 1 aromatic heterocycles. The molecule has 0 amide bonds. The molecule has 42 heavy (non-hydrogen) atoms. The van der Waals surface area contributed by atoms with Gasteiger partial charge in [0.1, 0.15) is 18.4 Å². The summed E-state index contributed by atoms with van der Waals surface area (Å²) < 4.78 is 34.9. The van der Waals surface area contributed by atoms with Gasteiger partial charge in [0, 0.05) is 34.2 Å². The first-order valence-electron chi connectivity index (χ1n) is 14.9. The van der Waals surface area contributed by atoms with Crippen molar-refractivity contribution < 1.29 is 47.6 Å². The minimum absolute atomic E-state index is 0.0637. The number of ether oxygens (including phenoxy) is 6. The van der Waals surface area contributed by atoms with Gasteiger partial charge in [-0.25, -0.2) is 0 Å². The van der Waals surface area contributed by atoms with E-state index in [9.17, 15) is 19.2 Å². The largest absolute Gasteiger partial charge is 0.463 e. The van der Waals surface area contributed by atoms with Crippen molar-refractivity contribution in [3.8, 4) is 0 Å². The van der Waals surface area contributed by atoms with Crippen LogP contribution in [-0.2, 0) is 60.8 Å². The number of carbonyl (C=O) groups is 4. The zero-order chi connectivity index (χ0) is 30.9. The second kappa shape index (κ2) is 19.2. The molecule has 13 heteroatoms. The van der Waals surface area contributed by atoms with Crippen LogP contribution in [0, 0.1) is 0 Å². The summed E-state index contributed by atoms with van der Waals surface area (Å²) in [6, 6.07) is 0. The van der Waals surface area contributed by atoms with E-state index in [1.165, 1.54) is 65.2 Å². The summed E-state index contributed by atoms with van der Waals surface area (Å²) >= 11 is 0. The van der Waals surface area contributed by atoms with Crippen LogP contribution in [0.5, 0.6) is 0 Å². The third kappa shape index (κ3) is 13.3. The van der Waals surface area contributed by atoms with Gasteiger partial charge >= 0.3 is 23.9 Å². The van der Waals surface area contributed by atoms with Crippen molar-refractivity contribution in [1.82, 2.24) is 15.0 Å². The molecule has 0 bridgehead atoms. The first-order valence-corrected chi connectivity index (χ1v) is 14.9. The Balaban J connectivity index is 1.98. The first kappa shape index (κ1) is 35.1. The van der Waals surface area contributed by atoms with E-state index in [2.05, 4.69) is 17.2 Å². The molecule has 0 unspecified atom stereocenters. The fraction of sp³-hybridized carbons (Fsp3) is 0.793. The Labute approximate surface area is 247 Å². The van der Waals surface area contributed by atoms with Crippen LogP contribution in [0.4, 0.5) is 0 Å². The van der Waals surface area contributed by atoms with E-state index >= 15 is 0 Å². The van der Waals surface area contributed by atoms with Crippen LogP contribution in [0.25, 0.3) is 0 Å². The highest BCUT2D eigenvalue weighted by Gasteiger charge is 2.52. The Kier molecular flexibility index (Phi) is 16.1. The number of aromatic nitrogens is 3. The summed E-state index contributed by atoms with van der Waals surface area (Å²) in [4.78, 5) is 47.2. The van der Waals surface area contributed by atoms with Crippen molar-refractivity contribution >= 4 is 23.9 Å². The molecular weight excluding hydrogens is 550 g/mol. The van der Waals surface area contributed by atoms with E-state index in [0.717, 1.165) is 33.2 Å². The van der Waals surface area contributed by atoms with Crippen molar-refractivity contribution in [2.24, 2.45) is 0 Å². The Morgan fingerprint density at radius 3 is 1.88 bits per heavy atom. The number of esters is 4. The first-order chi connectivity index (χ1) is 20.1. The third-order valence-electron chi connectivity index (χ3n) is 6.67. The van der Waals surface area contributed by atoms with Gasteiger partial charge < -0.3 is 28.4 Å². The number of unbranched alkanes of at least 4 members (excludes halogenated alkanes) is 9. The molecule has 0 saturated carbocycles. The molecule has 0 aromatic carbocycles. The molecule has 1 aromatic rings. The van der Waals surface area contributed by atoms with Crippen LogP contribution >= 0.6 is 0 Å². The normalized spacial score (nSPS) is 21.9. The number of hydrogen-bond acceptors (Lipinski definition) is 12. The van der Waals surface area contributed by atoms with Gasteiger partial charge in [-0.05, 0) is 6.42 Å². The number of carbonyl (C=O) groups excluding carboxylic acids is 4. The fourth-order valence-electron chi connectivity index (χ4n) is 4.77. The Morgan fingerprint density at radius 2 is 1.31 bits per heavy atom. The standard InChI is InChI=1S/C29H47N3O10/c1-6-7-8-9-10-11-12-13-14-15-16-32-17-24(30-31-32)18-38-29-28(41-23(5)36)27(40-22(4)35)26(39-21(3)34)25(42-29)19-37-20(2)33/h17,25-29H,6-16,18-19H2,1-5H3/t25-,26-,27+,28-,29-/m1/s1. The summed E-state index contributed by atoms with van der Waals surface area (Å²) in [5.74, 6) is -2.70.